The highest BCUT2D eigenvalue weighted by Crippen LogP contribution is 2.36. The number of fused-ring (bicyclic) bond motifs is 1. The Morgan fingerprint density at radius 3 is 2.75 bits per heavy atom. The fourth-order valence-electron chi connectivity index (χ4n) is 2.42. The Bertz CT molecular complexity index is 598. The van der Waals surface area contributed by atoms with Crippen LogP contribution in [0.2, 0.25) is 0 Å². The Kier molecular flexibility index (Phi) is 3.94. The van der Waals surface area contributed by atoms with Crippen molar-refractivity contribution < 1.29 is 9.84 Å². The van der Waals surface area contributed by atoms with Crippen LogP contribution in [0.4, 0.5) is 5.69 Å². The molecule has 1 atom stereocenters. The summed E-state index contributed by atoms with van der Waals surface area (Å²) in [7, 11) is 0. The molecule has 3 nitrogen and oxygen atoms in total. The van der Waals surface area contributed by atoms with Crippen molar-refractivity contribution in [2.45, 2.75) is 19.1 Å². The quantitative estimate of drug-likeness (QED) is 0.895. The second kappa shape index (κ2) is 5.85. The second-order valence-corrected chi connectivity index (χ2v) is 5.79. The lowest BCUT2D eigenvalue weighted by Gasteiger charge is -2.27. The van der Waals surface area contributed by atoms with Gasteiger partial charge in [-0.25, -0.2) is 0 Å². The lowest BCUT2D eigenvalue weighted by atomic mass is 10.00. The molecule has 20 heavy (non-hydrogen) atoms. The van der Waals surface area contributed by atoms with Crippen molar-refractivity contribution in [3.8, 4) is 5.75 Å². The van der Waals surface area contributed by atoms with Gasteiger partial charge < -0.3 is 15.2 Å². The molecule has 1 aliphatic rings. The molecule has 0 bridgehead atoms. The molecule has 0 saturated carbocycles. The van der Waals surface area contributed by atoms with Crippen LogP contribution in [0, 0.1) is 0 Å². The maximum atomic E-state index is 9.07. The van der Waals surface area contributed by atoms with Crippen molar-refractivity contribution in [3.05, 3.63) is 58.1 Å². The largest absolute Gasteiger partial charge is 0.493 e. The van der Waals surface area contributed by atoms with Gasteiger partial charge in [0.05, 0.1) is 19.3 Å². The SMILES string of the molecule is OCc1ccc(NC2CCOc3ccc(Br)cc32)cc1. The zero-order chi connectivity index (χ0) is 13.9. The molecule has 0 saturated heterocycles. The standard InChI is InChI=1S/C16H16BrNO2/c17-12-3-6-16-14(9-12)15(7-8-20-16)18-13-4-1-11(10-19)2-5-13/h1-6,9,15,18-19H,7-8,10H2. The van der Waals surface area contributed by atoms with Gasteiger partial charge in [0.2, 0.25) is 0 Å². The molecule has 0 spiro atoms. The molecule has 2 aromatic rings. The van der Waals surface area contributed by atoms with Crippen LogP contribution in [-0.2, 0) is 6.61 Å². The van der Waals surface area contributed by atoms with Gasteiger partial charge >= 0.3 is 0 Å². The first-order valence-corrected chi connectivity index (χ1v) is 7.44. The monoisotopic (exact) mass is 333 g/mol. The number of hydrogen-bond acceptors (Lipinski definition) is 3. The number of benzene rings is 2. The minimum absolute atomic E-state index is 0.0767. The lowest BCUT2D eigenvalue weighted by molar-refractivity contribution is 0.274. The van der Waals surface area contributed by atoms with Gasteiger partial charge in [0.15, 0.2) is 0 Å². The van der Waals surface area contributed by atoms with Crippen molar-refractivity contribution in [2.24, 2.45) is 0 Å². The number of halogens is 1. The summed E-state index contributed by atoms with van der Waals surface area (Å²) in [6.45, 7) is 0.800. The number of nitrogens with one attached hydrogen (secondary N) is 1. The minimum atomic E-state index is 0.0767. The molecular formula is C16H16BrNO2. The van der Waals surface area contributed by atoms with Crippen molar-refractivity contribution >= 4 is 21.6 Å². The molecular weight excluding hydrogens is 318 g/mol. The number of anilines is 1. The van der Waals surface area contributed by atoms with Gasteiger partial charge in [-0.3, -0.25) is 0 Å². The molecule has 2 aromatic carbocycles. The third-order valence-electron chi connectivity index (χ3n) is 3.49. The van der Waals surface area contributed by atoms with Gasteiger partial charge in [0.25, 0.3) is 0 Å². The normalized spacial score (nSPS) is 17.2. The summed E-state index contributed by atoms with van der Waals surface area (Å²) >= 11 is 3.51. The molecule has 2 N–H and O–H groups in total. The fourth-order valence-corrected chi connectivity index (χ4v) is 2.80. The maximum absolute atomic E-state index is 9.07. The van der Waals surface area contributed by atoms with E-state index in [4.69, 9.17) is 9.84 Å². The third kappa shape index (κ3) is 2.81. The molecule has 4 heteroatoms. The van der Waals surface area contributed by atoms with Crippen LogP contribution < -0.4 is 10.1 Å². The maximum Gasteiger partial charge on any atom is 0.124 e. The van der Waals surface area contributed by atoms with Crippen LogP contribution in [-0.4, -0.2) is 11.7 Å². The Morgan fingerprint density at radius 2 is 2.00 bits per heavy atom. The smallest absolute Gasteiger partial charge is 0.124 e. The highest BCUT2D eigenvalue weighted by molar-refractivity contribution is 9.10. The van der Waals surface area contributed by atoms with E-state index < -0.39 is 0 Å². The average molecular weight is 334 g/mol. The number of hydrogen-bond donors (Lipinski definition) is 2. The van der Waals surface area contributed by atoms with Crippen molar-refractivity contribution in [1.29, 1.82) is 0 Å². The Balaban J connectivity index is 1.83. The topological polar surface area (TPSA) is 41.5 Å². The molecule has 0 fully saturated rings. The summed E-state index contributed by atoms with van der Waals surface area (Å²) in [5.41, 5.74) is 3.16. The summed E-state index contributed by atoms with van der Waals surface area (Å²) < 4.78 is 6.75. The van der Waals surface area contributed by atoms with E-state index in [9.17, 15) is 0 Å². The number of aliphatic hydroxyl groups is 1. The van der Waals surface area contributed by atoms with Gasteiger partial charge in [-0.1, -0.05) is 28.1 Å². The fraction of sp³-hybridized carbons (Fsp3) is 0.250. The van der Waals surface area contributed by atoms with Gasteiger partial charge in [0.1, 0.15) is 5.75 Å². The third-order valence-corrected chi connectivity index (χ3v) is 3.98. The molecule has 0 aliphatic carbocycles. The van der Waals surface area contributed by atoms with Crippen molar-refractivity contribution in [3.63, 3.8) is 0 Å². The van der Waals surface area contributed by atoms with E-state index in [1.807, 2.05) is 36.4 Å². The summed E-state index contributed by atoms with van der Waals surface area (Å²) in [5, 5.41) is 12.6. The van der Waals surface area contributed by atoms with E-state index in [0.29, 0.717) is 0 Å². The summed E-state index contributed by atoms with van der Waals surface area (Å²) in [5.74, 6) is 0.948. The van der Waals surface area contributed by atoms with Gasteiger partial charge in [0, 0.05) is 22.1 Å². The highest BCUT2D eigenvalue weighted by atomic mass is 79.9. The van der Waals surface area contributed by atoms with E-state index in [0.717, 1.165) is 34.5 Å². The molecule has 1 heterocycles. The predicted molar refractivity (Wildman–Crippen MR) is 83.0 cm³/mol. The first-order chi connectivity index (χ1) is 9.76. The summed E-state index contributed by atoms with van der Waals surface area (Å²) in [4.78, 5) is 0. The predicted octanol–water partition coefficient (Wildman–Crippen LogP) is 3.88. The van der Waals surface area contributed by atoms with Gasteiger partial charge in [-0.05, 0) is 35.9 Å². The van der Waals surface area contributed by atoms with E-state index >= 15 is 0 Å². The zero-order valence-corrected chi connectivity index (χ0v) is 12.6. The molecule has 0 radical (unpaired) electrons. The number of rotatable bonds is 3. The van der Waals surface area contributed by atoms with E-state index in [1.165, 1.54) is 5.56 Å². The number of aliphatic hydroxyl groups excluding tert-OH is 1. The zero-order valence-electron chi connectivity index (χ0n) is 11.0. The Labute approximate surface area is 126 Å². The first kappa shape index (κ1) is 13.5. The Morgan fingerprint density at radius 1 is 1.20 bits per heavy atom. The summed E-state index contributed by atoms with van der Waals surface area (Å²) in [6.07, 6.45) is 0.936. The van der Waals surface area contributed by atoms with Gasteiger partial charge in [-0.2, -0.15) is 0 Å². The molecule has 1 aliphatic heterocycles. The van der Waals surface area contributed by atoms with Crippen LogP contribution in [0.5, 0.6) is 5.75 Å². The van der Waals surface area contributed by atoms with E-state index in [2.05, 4.69) is 27.3 Å². The van der Waals surface area contributed by atoms with E-state index in [-0.39, 0.29) is 12.6 Å². The second-order valence-electron chi connectivity index (χ2n) is 4.87. The van der Waals surface area contributed by atoms with Crippen LogP contribution in [0.3, 0.4) is 0 Å². The van der Waals surface area contributed by atoms with Crippen LogP contribution in [0.15, 0.2) is 46.9 Å². The molecule has 3 rings (SSSR count). The molecule has 0 amide bonds. The molecule has 104 valence electrons. The van der Waals surface area contributed by atoms with Crippen LogP contribution in [0.25, 0.3) is 0 Å². The van der Waals surface area contributed by atoms with Crippen LogP contribution in [0.1, 0.15) is 23.6 Å². The molecule has 0 aromatic heterocycles. The highest BCUT2D eigenvalue weighted by Gasteiger charge is 2.21. The van der Waals surface area contributed by atoms with Crippen molar-refractivity contribution in [2.75, 3.05) is 11.9 Å². The average Bonchev–Trinajstić information content (AvgIpc) is 2.49. The van der Waals surface area contributed by atoms with E-state index in [1.54, 1.807) is 0 Å². The van der Waals surface area contributed by atoms with Crippen molar-refractivity contribution in [1.82, 2.24) is 0 Å². The Hall–Kier alpha value is -1.52. The minimum Gasteiger partial charge on any atom is -0.493 e. The lowest BCUT2D eigenvalue weighted by Crippen LogP contribution is -2.20. The number of ether oxygens (including phenoxy) is 1. The first-order valence-electron chi connectivity index (χ1n) is 6.65. The van der Waals surface area contributed by atoms with Gasteiger partial charge in [-0.15, -0.1) is 0 Å². The van der Waals surface area contributed by atoms with Crippen LogP contribution >= 0.6 is 15.9 Å². The summed E-state index contributed by atoms with van der Waals surface area (Å²) in [6, 6.07) is 14.2. The molecule has 1 unspecified atom stereocenters.